The Morgan fingerprint density at radius 3 is 0.708 bits per heavy atom. The summed E-state index contributed by atoms with van der Waals surface area (Å²) in [6.07, 6.45) is 2.82. The molecular weight excluding hydrogens is 1050 g/mol. The average molecular weight is 1060 g/mol. The van der Waals surface area contributed by atoms with Gasteiger partial charge in [-0.15, -0.1) is 0 Å². The largest absolute Gasteiger partial charge is 0.206 e. The molecule has 0 amide bonds. The van der Waals surface area contributed by atoms with Crippen LogP contribution in [0.1, 0.15) is 0 Å². The van der Waals surface area contributed by atoms with Crippen LogP contribution in [0.4, 0.5) is 87.8 Å². The van der Waals surface area contributed by atoms with Crippen LogP contribution in [0.5, 0.6) is 0 Å². The van der Waals surface area contributed by atoms with Crippen LogP contribution in [0.15, 0.2) is 58.5 Å². The van der Waals surface area contributed by atoms with Crippen molar-refractivity contribution in [2.75, 3.05) is 0 Å². The standard InChI is InChI=1S/C46H8F20N4P2/c47-21-25(51)33(59)43(34(60)26(21)52)71(44-35(61)27(53)22(48)28(54)36(44)62)11-1-3-13-15-7-16-14-4-2-12(6-18(14)42(70-10-68)20(16)8-19(15)41(69-9-67)17(13)5-11)72(45-37(63)29(55)23(49)30(56)38(45)64)46-39(65)31(57)24(50)32(58)40(46)66/h1-8H/b69-41-,70-42+. The molecule has 0 N–H and O–H groups in total. The predicted octanol–water partition coefficient (Wildman–Crippen LogP) is 10.2. The van der Waals surface area contributed by atoms with E-state index in [2.05, 4.69) is 9.98 Å². The van der Waals surface area contributed by atoms with Gasteiger partial charge in [0.25, 0.3) is 0 Å². The Bertz CT molecular complexity index is 3660. The van der Waals surface area contributed by atoms with Gasteiger partial charge in [0, 0.05) is 21.5 Å². The molecule has 0 saturated carbocycles. The van der Waals surface area contributed by atoms with Crippen LogP contribution in [-0.2, 0) is 0 Å². The molecule has 0 aliphatic heterocycles. The van der Waals surface area contributed by atoms with E-state index < -0.39 is 175 Å². The Balaban J connectivity index is 1.35. The van der Waals surface area contributed by atoms with E-state index in [-0.39, 0.29) is 43.1 Å². The summed E-state index contributed by atoms with van der Waals surface area (Å²) < 4.78 is 299. The van der Waals surface area contributed by atoms with E-state index in [4.69, 9.17) is 0 Å². The Kier molecular flexibility index (Phi) is 12.0. The van der Waals surface area contributed by atoms with Gasteiger partial charge >= 0.3 is 0 Å². The molecule has 0 bridgehead atoms. The Morgan fingerprint density at radius 1 is 0.264 bits per heavy atom. The van der Waals surface area contributed by atoms with Gasteiger partial charge in [-0.1, -0.05) is 24.3 Å². The number of halogens is 20. The van der Waals surface area contributed by atoms with Crippen molar-refractivity contribution in [2.45, 2.75) is 0 Å². The van der Waals surface area contributed by atoms with E-state index in [9.17, 15) is 63.2 Å². The van der Waals surface area contributed by atoms with Crippen molar-refractivity contribution >= 4 is 90.8 Å². The highest BCUT2D eigenvalue weighted by Crippen LogP contribution is 2.44. The normalized spacial score (nSPS) is 12.6. The summed E-state index contributed by atoms with van der Waals surface area (Å²) in [7, 11) is -8.08. The van der Waals surface area contributed by atoms with E-state index >= 15 is 35.1 Å². The van der Waals surface area contributed by atoms with E-state index in [1.54, 1.807) is 0 Å². The van der Waals surface area contributed by atoms with E-state index in [0.717, 1.165) is 42.5 Å². The zero-order chi connectivity index (χ0) is 52.4. The molecule has 0 heterocycles. The first-order valence-electron chi connectivity index (χ1n) is 19.1. The van der Waals surface area contributed by atoms with E-state index in [1.807, 2.05) is 0 Å². The number of nitrogens with zero attached hydrogens (tertiary/aromatic N) is 4. The highest BCUT2D eigenvalue weighted by molar-refractivity contribution is 7.80. The van der Waals surface area contributed by atoms with Gasteiger partial charge in [0.15, 0.2) is 93.1 Å². The molecule has 26 heteroatoms. The van der Waals surface area contributed by atoms with Gasteiger partial charge in [-0.05, 0) is 72.3 Å². The molecule has 0 aliphatic carbocycles. The number of rotatable bonds is 6. The third-order valence-electron chi connectivity index (χ3n) is 11.2. The second-order valence-electron chi connectivity index (χ2n) is 14.9. The summed E-state index contributed by atoms with van der Waals surface area (Å²) >= 11 is 0. The van der Waals surface area contributed by atoms with Crippen molar-refractivity contribution in [3.8, 4) is 12.4 Å². The molecule has 4 nitrogen and oxygen atoms in total. The van der Waals surface area contributed by atoms with Crippen molar-refractivity contribution < 1.29 is 87.8 Å². The van der Waals surface area contributed by atoms with Crippen LogP contribution in [0.25, 0.3) is 43.1 Å². The maximum absolute atomic E-state index is 15.5. The maximum atomic E-state index is 15.5. The van der Waals surface area contributed by atoms with Crippen LogP contribution >= 0.6 is 15.8 Å². The number of benzene rings is 7. The number of nitriles is 2. The third kappa shape index (κ3) is 6.90. The smallest absolute Gasteiger partial charge is 0.203 e. The van der Waals surface area contributed by atoms with E-state index in [0.29, 0.717) is 0 Å². The molecule has 0 fully saturated rings. The summed E-state index contributed by atoms with van der Waals surface area (Å²) in [4.78, 5) is 7.40. The summed E-state index contributed by atoms with van der Waals surface area (Å²) in [6, 6.07) is 7.17. The Hall–Kier alpha value is -7.68. The predicted molar refractivity (Wildman–Crippen MR) is 218 cm³/mol. The van der Waals surface area contributed by atoms with Crippen LogP contribution in [0.3, 0.4) is 0 Å². The summed E-state index contributed by atoms with van der Waals surface area (Å²) in [6.45, 7) is 0. The first-order valence-corrected chi connectivity index (χ1v) is 21.8. The van der Waals surface area contributed by atoms with Crippen molar-refractivity contribution in [1.82, 2.24) is 0 Å². The first-order chi connectivity index (χ1) is 34.0. The molecule has 0 saturated heterocycles. The lowest BCUT2D eigenvalue weighted by atomic mass is 10.1. The van der Waals surface area contributed by atoms with Crippen LogP contribution < -0.4 is 42.5 Å². The lowest BCUT2D eigenvalue weighted by Gasteiger charge is -2.23. The zero-order valence-electron chi connectivity index (χ0n) is 33.9. The molecule has 0 aliphatic rings. The number of hydrogen-bond acceptors (Lipinski definition) is 4. The van der Waals surface area contributed by atoms with Crippen LogP contribution in [-0.4, -0.2) is 0 Å². The minimum atomic E-state index is -4.04. The first kappa shape index (κ1) is 49.3. The van der Waals surface area contributed by atoms with Gasteiger partial charge < -0.3 is 0 Å². The Labute approximate surface area is 386 Å². The minimum Gasteiger partial charge on any atom is -0.203 e. The highest BCUT2D eigenvalue weighted by Gasteiger charge is 2.41. The fraction of sp³-hybridized carbons (Fsp3) is 0. The van der Waals surface area contributed by atoms with Gasteiger partial charge in [-0.2, -0.15) is 20.5 Å². The SMILES string of the molecule is N#C/N=c1\c2cc(P(c3c(F)c(F)c(F)c(F)c3F)c3c(F)c(F)c(F)c(F)c3F)ccc2c2cc3c(cc12)/c(=N\C#N)c1cc(P(c2c(F)c(F)c(F)c(F)c2F)c2c(F)c(F)c(F)c(F)c2F)ccc13. The average Bonchev–Trinajstić information content (AvgIpc) is 3.84. The molecule has 0 unspecified atom stereocenters. The van der Waals surface area contributed by atoms with Crippen molar-refractivity contribution in [2.24, 2.45) is 9.98 Å². The molecule has 362 valence electrons. The lowest BCUT2D eigenvalue weighted by molar-refractivity contribution is 0.383. The van der Waals surface area contributed by atoms with Crippen LogP contribution in [0.2, 0.25) is 0 Å². The number of fused-ring (bicyclic) bond motifs is 6. The van der Waals surface area contributed by atoms with Crippen molar-refractivity contribution in [3.63, 3.8) is 0 Å². The lowest BCUT2D eigenvalue weighted by Crippen LogP contribution is -2.33. The second-order valence-corrected chi connectivity index (χ2v) is 19.0. The quantitative estimate of drug-likeness (QED) is 0.0547. The maximum Gasteiger partial charge on any atom is 0.206 e. The van der Waals surface area contributed by atoms with E-state index in [1.165, 1.54) is 18.5 Å². The third-order valence-corrected chi connectivity index (χ3v) is 16.2. The summed E-state index contributed by atoms with van der Waals surface area (Å²) in [5, 5.41) is 7.36. The van der Waals surface area contributed by atoms with Gasteiger partial charge in [0.05, 0.1) is 31.9 Å². The van der Waals surface area contributed by atoms with Gasteiger partial charge in [0.1, 0.15) is 0 Å². The molecule has 9 aromatic carbocycles. The van der Waals surface area contributed by atoms with Crippen LogP contribution in [0, 0.1) is 139 Å². The van der Waals surface area contributed by atoms with Gasteiger partial charge in [-0.3, -0.25) is 0 Å². The molecule has 0 aromatic heterocycles. The van der Waals surface area contributed by atoms with Gasteiger partial charge in [0.2, 0.25) is 35.7 Å². The van der Waals surface area contributed by atoms with Crippen molar-refractivity contribution in [3.05, 3.63) is 176 Å². The fourth-order valence-electron chi connectivity index (χ4n) is 8.17. The minimum absolute atomic E-state index is 0.0283. The molecular formula is C46H8F20N4P2. The zero-order valence-corrected chi connectivity index (χ0v) is 35.7. The molecule has 9 rings (SSSR count). The van der Waals surface area contributed by atoms with Gasteiger partial charge in [-0.25, -0.2) is 87.8 Å². The topological polar surface area (TPSA) is 72.3 Å². The molecule has 9 aromatic rings. The monoisotopic (exact) mass is 1060 g/mol. The molecule has 72 heavy (non-hydrogen) atoms. The fourth-order valence-corrected chi connectivity index (χ4v) is 13.0. The second kappa shape index (κ2) is 17.6. The Morgan fingerprint density at radius 2 is 0.472 bits per heavy atom. The number of hydrogen-bond donors (Lipinski definition) is 0. The molecule has 0 spiro atoms. The molecule has 0 radical (unpaired) electrons. The summed E-state index contributed by atoms with van der Waals surface area (Å²) in [5.74, 6) is -54.3. The van der Waals surface area contributed by atoms with Crippen molar-refractivity contribution in [1.29, 1.82) is 10.5 Å². The summed E-state index contributed by atoms with van der Waals surface area (Å²) in [5.41, 5.74) is 0. The molecule has 0 atom stereocenters. The highest BCUT2D eigenvalue weighted by atomic mass is 31.1.